The van der Waals surface area contributed by atoms with Gasteiger partial charge in [-0.05, 0) is 31.4 Å². The van der Waals surface area contributed by atoms with Crippen molar-refractivity contribution in [3.63, 3.8) is 0 Å². The van der Waals surface area contributed by atoms with Gasteiger partial charge in [0, 0.05) is 36.6 Å². The molecule has 1 saturated heterocycles. The molecule has 0 aromatic heterocycles. The lowest BCUT2D eigenvalue weighted by Gasteiger charge is -2.23. The number of anilines is 2. The molecule has 3 rings (SSSR count). The number of likely N-dealkylation sites (tertiary alicyclic amines) is 1. The van der Waals surface area contributed by atoms with Gasteiger partial charge in [0.05, 0.1) is 6.54 Å². The van der Waals surface area contributed by atoms with Gasteiger partial charge in [0.2, 0.25) is 5.91 Å². The maximum atomic E-state index is 12.1. The van der Waals surface area contributed by atoms with E-state index in [0.29, 0.717) is 6.54 Å². The Bertz CT molecular complexity index is 466. The van der Waals surface area contributed by atoms with Crippen LogP contribution in [-0.4, -0.2) is 37.0 Å². The lowest BCUT2D eigenvalue weighted by molar-refractivity contribution is -0.128. The summed E-state index contributed by atoms with van der Waals surface area (Å²) in [6.45, 7) is 3.26. The van der Waals surface area contributed by atoms with Crippen LogP contribution in [0.4, 0.5) is 11.4 Å². The summed E-state index contributed by atoms with van der Waals surface area (Å²) in [5, 5.41) is 0. The van der Waals surface area contributed by atoms with Crippen LogP contribution in [0.5, 0.6) is 0 Å². The van der Waals surface area contributed by atoms with Crippen LogP contribution < -0.4 is 10.6 Å². The van der Waals surface area contributed by atoms with Crippen molar-refractivity contribution in [1.29, 1.82) is 0 Å². The molecule has 4 heteroatoms. The first kappa shape index (κ1) is 11.4. The van der Waals surface area contributed by atoms with Gasteiger partial charge in [0.1, 0.15) is 0 Å². The van der Waals surface area contributed by atoms with Crippen molar-refractivity contribution in [2.75, 3.05) is 36.8 Å². The average molecular weight is 245 g/mol. The largest absolute Gasteiger partial charge is 0.398 e. The molecule has 1 aromatic carbocycles. The van der Waals surface area contributed by atoms with E-state index >= 15 is 0 Å². The van der Waals surface area contributed by atoms with Crippen LogP contribution in [0.1, 0.15) is 18.4 Å². The molecule has 0 atom stereocenters. The molecule has 0 bridgehead atoms. The Morgan fingerprint density at radius 3 is 2.78 bits per heavy atom. The second-order valence-corrected chi connectivity index (χ2v) is 5.10. The zero-order valence-electron chi connectivity index (χ0n) is 10.6. The van der Waals surface area contributed by atoms with Gasteiger partial charge in [-0.2, -0.15) is 0 Å². The number of nitrogens with zero attached hydrogens (tertiary/aromatic N) is 2. The molecule has 1 fully saturated rings. The van der Waals surface area contributed by atoms with Crippen molar-refractivity contribution in [3.8, 4) is 0 Å². The molecule has 2 N–H and O–H groups in total. The summed E-state index contributed by atoms with van der Waals surface area (Å²) in [5.74, 6) is 0.253. The quantitative estimate of drug-likeness (QED) is 0.798. The van der Waals surface area contributed by atoms with E-state index in [-0.39, 0.29) is 5.91 Å². The predicted octanol–water partition coefficient (Wildman–Crippen LogP) is 1.25. The normalized spacial score (nSPS) is 18.2. The Hall–Kier alpha value is -1.71. The molecule has 2 aliphatic heterocycles. The number of benzene rings is 1. The van der Waals surface area contributed by atoms with Crippen LogP contribution in [0.3, 0.4) is 0 Å². The maximum Gasteiger partial charge on any atom is 0.242 e. The van der Waals surface area contributed by atoms with Crippen LogP contribution in [0, 0.1) is 0 Å². The Morgan fingerprint density at radius 2 is 2.00 bits per heavy atom. The van der Waals surface area contributed by atoms with Gasteiger partial charge < -0.3 is 15.5 Å². The highest BCUT2D eigenvalue weighted by Crippen LogP contribution is 2.31. The van der Waals surface area contributed by atoms with Gasteiger partial charge in [-0.3, -0.25) is 4.79 Å². The second kappa shape index (κ2) is 4.52. The van der Waals surface area contributed by atoms with Crippen LogP contribution in [0.15, 0.2) is 18.2 Å². The number of amides is 1. The molecular formula is C14H19N3O. The van der Waals surface area contributed by atoms with Gasteiger partial charge >= 0.3 is 0 Å². The third kappa shape index (κ3) is 1.92. The molecule has 1 amide bonds. The van der Waals surface area contributed by atoms with Gasteiger partial charge in [-0.1, -0.05) is 6.07 Å². The van der Waals surface area contributed by atoms with Crippen LogP contribution in [-0.2, 0) is 11.2 Å². The van der Waals surface area contributed by atoms with E-state index in [0.717, 1.165) is 50.3 Å². The number of carbonyl (C=O) groups excluding carboxylic acids is 1. The summed E-state index contributed by atoms with van der Waals surface area (Å²) >= 11 is 0. The molecule has 96 valence electrons. The van der Waals surface area contributed by atoms with Gasteiger partial charge in [0.25, 0.3) is 0 Å². The van der Waals surface area contributed by atoms with E-state index in [1.54, 1.807) is 0 Å². The van der Waals surface area contributed by atoms with Gasteiger partial charge in [-0.25, -0.2) is 0 Å². The van der Waals surface area contributed by atoms with Crippen molar-refractivity contribution in [2.45, 2.75) is 19.3 Å². The fraction of sp³-hybridized carbons (Fsp3) is 0.500. The molecule has 2 aliphatic rings. The fourth-order valence-corrected chi connectivity index (χ4v) is 2.92. The second-order valence-electron chi connectivity index (χ2n) is 5.10. The first-order valence-electron chi connectivity index (χ1n) is 6.66. The van der Waals surface area contributed by atoms with Gasteiger partial charge in [-0.15, -0.1) is 0 Å². The number of carbonyl (C=O) groups is 1. The monoisotopic (exact) mass is 245 g/mol. The number of nitrogen functional groups attached to an aromatic ring is 1. The van der Waals surface area contributed by atoms with Crippen molar-refractivity contribution in [1.82, 2.24) is 4.90 Å². The maximum absolute atomic E-state index is 12.1. The van der Waals surface area contributed by atoms with Crippen molar-refractivity contribution in [3.05, 3.63) is 23.8 Å². The molecule has 0 unspecified atom stereocenters. The summed E-state index contributed by atoms with van der Waals surface area (Å²) in [6.07, 6.45) is 3.25. The molecule has 1 aromatic rings. The summed E-state index contributed by atoms with van der Waals surface area (Å²) < 4.78 is 0. The third-order valence-corrected chi connectivity index (χ3v) is 3.94. The van der Waals surface area contributed by atoms with Crippen molar-refractivity contribution in [2.24, 2.45) is 0 Å². The van der Waals surface area contributed by atoms with Crippen molar-refractivity contribution < 1.29 is 4.79 Å². The van der Waals surface area contributed by atoms with E-state index in [9.17, 15) is 4.79 Å². The lowest BCUT2D eigenvalue weighted by Crippen LogP contribution is -2.38. The van der Waals surface area contributed by atoms with E-state index in [2.05, 4.69) is 11.0 Å². The van der Waals surface area contributed by atoms with Gasteiger partial charge in [0.15, 0.2) is 0 Å². The summed E-state index contributed by atoms with van der Waals surface area (Å²) in [4.78, 5) is 16.3. The minimum absolute atomic E-state index is 0.253. The Kier molecular flexibility index (Phi) is 2.86. The summed E-state index contributed by atoms with van der Waals surface area (Å²) in [5.41, 5.74) is 9.16. The number of nitrogens with two attached hydrogens (primary N) is 1. The Labute approximate surface area is 107 Å². The highest BCUT2D eigenvalue weighted by atomic mass is 16.2. The van der Waals surface area contributed by atoms with E-state index in [1.807, 2.05) is 17.0 Å². The Morgan fingerprint density at radius 1 is 1.22 bits per heavy atom. The Balaban J connectivity index is 1.72. The number of hydrogen-bond donors (Lipinski definition) is 1. The van der Waals surface area contributed by atoms with Crippen LogP contribution >= 0.6 is 0 Å². The highest BCUT2D eigenvalue weighted by molar-refractivity contribution is 5.83. The average Bonchev–Trinajstić information content (AvgIpc) is 2.99. The fourth-order valence-electron chi connectivity index (χ4n) is 2.92. The molecule has 0 radical (unpaired) electrons. The third-order valence-electron chi connectivity index (χ3n) is 3.94. The minimum Gasteiger partial charge on any atom is -0.398 e. The first-order chi connectivity index (χ1) is 8.75. The zero-order chi connectivity index (χ0) is 12.5. The first-order valence-corrected chi connectivity index (χ1v) is 6.66. The van der Waals surface area contributed by atoms with Crippen LogP contribution in [0.25, 0.3) is 0 Å². The summed E-state index contributed by atoms with van der Waals surface area (Å²) in [7, 11) is 0. The standard InChI is InChI=1S/C14H19N3O/c15-12-4-3-5-13-11(12)6-9-17(13)10-14(18)16-7-1-2-8-16/h3-5H,1-2,6-10,15H2. The number of fused-ring (bicyclic) bond motifs is 1. The molecule has 4 nitrogen and oxygen atoms in total. The van der Waals surface area contributed by atoms with E-state index in [4.69, 9.17) is 5.73 Å². The molecule has 0 spiro atoms. The number of hydrogen-bond acceptors (Lipinski definition) is 3. The smallest absolute Gasteiger partial charge is 0.242 e. The predicted molar refractivity (Wildman–Crippen MR) is 72.6 cm³/mol. The highest BCUT2D eigenvalue weighted by Gasteiger charge is 2.25. The van der Waals surface area contributed by atoms with Crippen LogP contribution in [0.2, 0.25) is 0 Å². The molecule has 18 heavy (non-hydrogen) atoms. The van der Waals surface area contributed by atoms with E-state index < -0.39 is 0 Å². The topological polar surface area (TPSA) is 49.6 Å². The zero-order valence-corrected chi connectivity index (χ0v) is 10.6. The minimum atomic E-state index is 0.253. The molecule has 0 saturated carbocycles. The molecule has 0 aliphatic carbocycles. The molecule has 2 heterocycles. The van der Waals surface area contributed by atoms with E-state index in [1.165, 1.54) is 5.56 Å². The SMILES string of the molecule is Nc1cccc2c1CCN2CC(=O)N1CCCC1. The molecular weight excluding hydrogens is 226 g/mol. The lowest BCUT2D eigenvalue weighted by atomic mass is 10.1. The summed E-state index contributed by atoms with van der Waals surface area (Å²) in [6, 6.07) is 5.97. The van der Waals surface area contributed by atoms with Crippen molar-refractivity contribution >= 4 is 17.3 Å². The number of rotatable bonds is 2.